The lowest BCUT2D eigenvalue weighted by atomic mass is 10.0. The van der Waals surface area contributed by atoms with Crippen LogP contribution in [0.4, 0.5) is 0 Å². The Hall–Kier alpha value is -1.19. The molecule has 1 aliphatic rings. The molecule has 0 N–H and O–H groups in total. The van der Waals surface area contributed by atoms with Crippen LogP contribution in [0.2, 0.25) is 0 Å². The average molecular weight is 275 g/mol. The second-order valence-corrected chi connectivity index (χ2v) is 5.93. The van der Waals surface area contributed by atoms with Crippen LogP contribution in [0.25, 0.3) is 0 Å². The Balaban J connectivity index is 1.89. The Bertz CT molecular complexity index is 464. The molecule has 0 amide bonds. The average Bonchev–Trinajstić information content (AvgIpc) is 2.39. The van der Waals surface area contributed by atoms with E-state index < -0.39 is 0 Å². The third-order valence-electron chi connectivity index (χ3n) is 3.89. The van der Waals surface area contributed by atoms with E-state index in [0.717, 1.165) is 30.7 Å². The highest BCUT2D eigenvalue weighted by atomic mass is 16.5. The van der Waals surface area contributed by atoms with Crippen molar-refractivity contribution in [3.63, 3.8) is 0 Å². The minimum atomic E-state index is 0.195. The molecule has 0 aromatic heterocycles. The summed E-state index contributed by atoms with van der Waals surface area (Å²) >= 11 is 0. The van der Waals surface area contributed by atoms with Gasteiger partial charge in [-0.05, 0) is 45.7 Å². The van der Waals surface area contributed by atoms with Gasteiger partial charge in [0.1, 0.15) is 0 Å². The molecule has 1 saturated heterocycles. The van der Waals surface area contributed by atoms with Gasteiger partial charge in [0, 0.05) is 18.7 Å². The van der Waals surface area contributed by atoms with Gasteiger partial charge in [0.25, 0.3) is 0 Å². The van der Waals surface area contributed by atoms with Gasteiger partial charge in [-0.15, -0.1) is 0 Å². The van der Waals surface area contributed by atoms with Crippen LogP contribution in [0.15, 0.2) is 18.2 Å². The maximum absolute atomic E-state index is 12.3. The molecule has 20 heavy (non-hydrogen) atoms. The normalized spacial score (nSPS) is 19.3. The Morgan fingerprint density at radius 2 is 2.15 bits per heavy atom. The number of ketones is 1. The molecule has 1 aromatic rings. The first kappa shape index (κ1) is 15.2. The summed E-state index contributed by atoms with van der Waals surface area (Å²) in [5.74, 6) is 0.195. The topological polar surface area (TPSA) is 29.5 Å². The molecular weight excluding hydrogens is 250 g/mol. The van der Waals surface area contributed by atoms with Crippen LogP contribution in [-0.2, 0) is 4.74 Å². The summed E-state index contributed by atoms with van der Waals surface area (Å²) < 4.78 is 5.72. The summed E-state index contributed by atoms with van der Waals surface area (Å²) in [7, 11) is 2.00. The van der Waals surface area contributed by atoms with Crippen LogP contribution < -0.4 is 0 Å². The van der Waals surface area contributed by atoms with Gasteiger partial charge < -0.3 is 4.74 Å². The third kappa shape index (κ3) is 4.15. The number of likely N-dealkylation sites (N-methyl/N-ethyl adjacent to an activating group) is 1. The van der Waals surface area contributed by atoms with Crippen molar-refractivity contribution in [2.45, 2.75) is 39.2 Å². The number of carbonyl (C=O) groups is 1. The molecule has 0 saturated carbocycles. The van der Waals surface area contributed by atoms with E-state index in [1.807, 2.05) is 33.0 Å². The predicted octanol–water partition coefficient (Wildman–Crippen LogP) is 2.99. The van der Waals surface area contributed by atoms with Crippen molar-refractivity contribution in [1.29, 1.82) is 0 Å². The summed E-state index contributed by atoms with van der Waals surface area (Å²) in [4.78, 5) is 14.4. The number of aryl methyl sites for hydroxylation is 2. The summed E-state index contributed by atoms with van der Waals surface area (Å²) in [5, 5.41) is 0. The molecule has 1 fully saturated rings. The van der Waals surface area contributed by atoms with Gasteiger partial charge in [-0.3, -0.25) is 9.69 Å². The highest BCUT2D eigenvalue weighted by molar-refractivity contribution is 5.98. The molecule has 1 aromatic carbocycles. The van der Waals surface area contributed by atoms with Crippen LogP contribution in [0.1, 0.15) is 40.7 Å². The van der Waals surface area contributed by atoms with Gasteiger partial charge in [-0.1, -0.05) is 23.8 Å². The second kappa shape index (κ2) is 7.00. The summed E-state index contributed by atoms with van der Waals surface area (Å²) in [5.41, 5.74) is 3.10. The van der Waals surface area contributed by atoms with E-state index in [2.05, 4.69) is 11.0 Å². The highest BCUT2D eigenvalue weighted by Gasteiger charge is 2.18. The Morgan fingerprint density at radius 1 is 1.35 bits per heavy atom. The minimum Gasteiger partial charge on any atom is -0.377 e. The number of carbonyl (C=O) groups excluding carboxylic acids is 1. The van der Waals surface area contributed by atoms with Crippen LogP contribution in [0.3, 0.4) is 0 Å². The van der Waals surface area contributed by atoms with E-state index in [4.69, 9.17) is 4.74 Å². The number of Topliss-reactive ketones (excluding diaryl/α,β-unsaturated/α-hetero) is 1. The van der Waals surface area contributed by atoms with Crippen molar-refractivity contribution in [2.24, 2.45) is 0 Å². The summed E-state index contributed by atoms with van der Waals surface area (Å²) in [6.45, 7) is 6.22. The Morgan fingerprint density at radius 3 is 2.80 bits per heavy atom. The fraction of sp³-hybridized carbons (Fsp3) is 0.588. The molecule has 0 radical (unpaired) electrons. The predicted molar refractivity (Wildman–Crippen MR) is 81.3 cm³/mol. The lowest BCUT2D eigenvalue weighted by molar-refractivity contribution is -0.000670. The number of hydrogen-bond donors (Lipinski definition) is 0. The fourth-order valence-electron chi connectivity index (χ4n) is 2.82. The van der Waals surface area contributed by atoms with E-state index in [1.54, 1.807) is 0 Å². The second-order valence-electron chi connectivity index (χ2n) is 5.93. The molecule has 0 aliphatic carbocycles. The van der Waals surface area contributed by atoms with E-state index in [9.17, 15) is 4.79 Å². The maximum Gasteiger partial charge on any atom is 0.177 e. The van der Waals surface area contributed by atoms with Crippen molar-refractivity contribution in [3.05, 3.63) is 34.9 Å². The van der Waals surface area contributed by atoms with Crippen molar-refractivity contribution in [1.82, 2.24) is 4.90 Å². The van der Waals surface area contributed by atoms with Crippen molar-refractivity contribution in [3.8, 4) is 0 Å². The molecule has 1 heterocycles. The van der Waals surface area contributed by atoms with Gasteiger partial charge in [-0.25, -0.2) is 0 Å². The monoisotopic (exact) mass is 275 g/mol. The number of nitrogens with zero attached hydrogens (tertiary/aromatic N) is 1. The standard InChI is InChI=1S/C17H25NO2/c1-13-7-8-16(14(2)10-13)17(19)12-18(3)11-15-6-4-5-9-20-15/h7-8,10,15H,4-6,9,11-12H2,1-3H3. The highest BCUT2D eigenvalue weighted by Crippen LogP contribution is 2.15. The van der Waals surface area contributed by atoms with Crippen LogP contribution in [-0.4, -0.2) is 43.5 Å². The first-order valence-electron chi connectivity index (χ1n) is 7.47. The van der Waals surface area contributed by atoms with Crippen molar-refractivity contribution in [2.75, 3.05) is 26.7 Å². The molecular formula is C17H25NO2. The van der Waals surface area contributed by atoms with E-state index in [1.165, 1.54) is 18.4 Å². The Kier molecular flexibility index (Phi) is 5.32. The molecule has 2 rings (SSSR count). The number of rotatable bonds is 5. The van der Waals surface area contributed by atoms with Gasteiger partial charge in [0.05, 0.1) is 12.6 Å². The largest absolute Gasteiger partial charge is 0.377 e. The molecule has 1 unspecified atom stereocenters. The number of ether oxygens (including phenoxy) is 1. The zero-order valence-electron chi connectivity index (χ0n) is 12.8. The quantitative estimate of drug-likeness (QED) is 0.774. The summed E-state index contributed by atoms with van der Waals surface area (Å²) in [6.07, 6.45) is 3.81. The van der Waals surface area contributed by atoms with Crippen LogP contribution >= 0.6 is 0 Å². The van der Waals surface area contributed by atoms with Gasteiger partial charge in [0.2, 0.25) is 0 Å². The van der Waals surface area contributed by atoms with Crippen molar-refractivity contribution >= 4 is 5.78 Å². The van der Waals surface area contributed by atoms with E-state index in [0.29, 0.717) is 12.6 Å². The smallest absolute Gasteiger partial charge is 0.177 e. The summed E-state index contributed by atoms with van der Waals surface area (Å²) in [6, 6.07) is 6.01. The zero-order valence-corrected chi connectivity index (χ0v) is 12.8. The van der Waals surface area contributed by atoms with Gasteiger partial charge >= 0.3 is 0 Å². The number of benzene rings is 1. The zero-order chi connectivity index (χ0) is 14.5. The van der Waals surface area contributed by atoms with E-state index >= 15 is 0 Å². The fourth-order valence-corrected chi connectivity index (χ4v) is 2.82. The SMILES string of the molecule is Cc1ccc(C(=O)CN(C)CC2CCCCO2)c(C)c1. The molecule has 3 nitrogen and oxygen atoms in total. The molecule has 110 valence electrons. The molecule has 1 atom stereocenters. The lowest BCUT2D eigenvalue weighted by Gasteiger charge is -2.27. The van der Waals surface area contributed by atoms with Crippen molar-refractivity contribution < 1.29 is 9.53 Å². The van der Waals surface area contributed by atoms with Gasteiger partial charge in [-0.2, -0.15) is 0 Å². The Labute approximate surface area is 121 Å². The molecule has 0 bridgehead atoms. The number of hydrogen-bond acceptors (Lipinski definition) is 3. The van der Waals surface area contributed by atoms with E-state index in [-0.39, 0.29) is 5.78 Å². The molecule has 1 aliphatic heterocycles. The molecule has 0 spiro atoms. The lowest BCUT2D eigenvalue weighted by Crippen LogP contribution is -2.36. The maximum atomic E-state index is 12.3. The third-order valence-corrected chi connectivity index (χ3v) is 3.89. The van der Waals surface area contributed by atoms with Crippen LogP contribution in [0, 0.1) is 13.8 Å². The first-order valence-corrected chi connectivity index (χ1v) is 7.47. The molecule has 3 heteroatoms. The first-order chi connectivity index (χ1) is 9.56. The van der Waals surface area contributed by atoms with Gasteiger partial charge in [0.15, 0.2) is 5.78 Å². The minimum absolute atomic E-state index is 0.195. The van der Waals surface area contributed by atoms with Crippen LogP contribution in [0.5, 0.6) is 0 Å².